The second kappa shape index (κ2) is 7.47. The lowest BCUT2D eigenvalue weighted by atomic mass is 9.80. The van der Waals surface area contributed by atoms with Crippen LogP contribution in [0.1, 0.15) is 54.4 Å². The number of hydrogen-bond acceptors (Lipinski definition) is 3. The first-order valence-corrected chi connectivity index (χ1v) is 16.1. The summed E-state index contributed by atoms with van der Waals surface area (Å²) in [6, 6.07) is 0. The van der Waals surface area contributed by atoms with Gasteiger partial charge in [0.25, 0.3) is 0 Å². The standard InChI is InChI=1S/C21H42O3Si2/c1-20(2,3)25(7,8)23-17-13-16-11-12-22-15-18(16)19(14-17)24-26(9,10)21(4,5)6/h11,17-19H,12-15H2,1-10H3/t17-,18-,19+/m1/s1. The molecule has 0 aromatic heterocycles. The Morgan fingerprint density at radius 3 is 2.00 bits per heavy atom. The van der Waals surface area contributed by atoms with E-state index in [4.69, 9.17) is 13.6 Å². The largest absolute Gasteiger partial charge is 0.414 e. The highest BCUT2D eigenvalue weighted by Gasteiger charge is 2.46. The third kappa shape index (κ3) is 4.90. The molecular formula is C21H42O3Si2. The number of fused-ring (bicyclic) bond motifs is 1. The molecule has 3 nitrogen and oxygen atoms in total. The summed E-state index contributed by atoms with van der Waals surface area (Å²) >= 11 is 0. The Morgan fingerprint density at radius 1 is 0.923 bits per heavy atom. The molecule has 0 saturated heterocycles. The van der Waals surface area contributed by atoms with Crippen LogP contribution in [0.5, 0.6) is 0 Å². The molecule has 1 aliphatic carbocycles. The SMILES string of the molecule is CC(C)(C)[Si](C)(C)O[C@@H]1CC2=CCOC[C@H]2[C@@H](O[Si](C)(C)C(C)(C)C)C1. The fourth-order valence-electron chi connectivity index (χ4n) is 3.34. The van der Waals surface area contributed by atoms with E-state index in [-0.39, 0.29) is 22.3 Å². The average molecular weight is 399 g/mol. The lowest BCUT2D eigenvalue weighted by Gasteiger charge is -2.48. The second-order valence-electron chi connectivity index (χ2n) is 11.3. The summed E-state index contributed by atoms with van der Waals surface area (Å²) in [5.74, 6) is 0.414. The van der Waals surface area contributed by atoms with Crippen molar-refractivity contribution in [2.75, 3.05) is 13.2 Å². The number of ether oxygens (including phenoxy) is 1. The smallest absolute Gasteiger partial charge is 0.192 e. The van der Waals surface area contributed by atoms with Crippen molar-refractivity contribution < 1.29 is 13.6 Å². The molecule has 0 aromatic carbocycles. The van der Waals surface area contributed by atoms with Crippen LogP contribution in [0, 0.1) is 5.92 Å². The van der Waals surface area contributed by atoms with Crippen LogP contribution in [0.25, 0.3) is 0 Å². The minimum Gasteiger partial charge on any atom is -0.414 e. The fraction of sp³-hybridized carbons (Fsp3) is 0.905. The molecule has 0 radical (unpaired) electrons. The van der Waals surface area contributed by atoms with Gasteiger partial charge in [-0.05, 0) is 49.1 Å². The van der Waals surface area contributed by atoms with Crippen molar-refractivity contribution in [1.29, 1.82) is 0 Å². The van der Waals surface area contributed by atoms with Crippen molar-refractivity contribution in [2.24, 2.45) is 5.92 Å². The zero-order valence-corrected chi connectivity index (χ0v) is 20.9. The van der Waals surface area contributed by atoms with Gasteiger partial charge in [-0.25, -0.2) is 0 Å². The predicted octanol–water partition coefficient (Wildman–Crippen LogP) is 6.13. The van der Waals surface area contributed by atoms with Gasteiger partial charge in [0.15, 0.2) is 16.6 Å². The van der Waals surface area contributed by atoms with Crippen LogP contribution >= 0.6 is 0 Å². The fourth-order valence-corrected chi connectivity index (χ4v) is 6.08. The van der Waals surface area contributed by atoms with Crippen LogP contribution in [0.3, 0.4) is 0 Å². The molecule has 152 valence electrons. The van der Waals surface area contributed by atoms with E-state index in [1.807, 2.05) is 0 Å². The van der Waals surface area contributed by atoms with Gasteiger partial charge in [0.05, 0.1) is 25.4 Å². The van der Waals surface area contributed by atoms with Crippen molar-refractivity contribution in [2.45, 2.75) is 103 Å². The maximum Gasteiger partial charge on any atom is 0.192 e. The maximum atomic E-state index is 6.90. The highest BCUT2D eigenvalue weighted by atomic mass is 28.4. The van der Waals surface area contributed by atoms with Gasteiger partial charge in [-0.2, -0.15) is 0 Å². The van der Waals surface area contributed by atoms with E-state index in [9.17, 15) is 0 Å². The Labute approximate surface area is 164 Å². The molecule has 0 unspecified atom stereocenters. The molecule has 0 aromatic rings. The number of hydrogen-bond donors (Lipinski definition) is 0. The average Bonchev–Trinajstić information content (AvgIpc) is 2.44. The Kier molecular flexibility index (Phi) is 6.42. The Morgan fingerprint density at radius 2 is 1.46 bits per heavy atom. The lowest BCUT2D eigenvalue weighted by molar-refractivity contribution is -0.00273. The van der Waals surface area contributed by atoms with Crippen LogP contribution in [-0.2, 0) is 13.6 Å². The molecule has 0 N–H and O–H groups in total. The summed E-state index contributed by atoms with van der Waals surface area (Å²) in [6.07, 6.45) is 4.86. The molecular weight excluding hydrogens is 356 g/mol. The Bertz CT molecular complexity index is 526. The molecule has 3 atom stereocenters. The molecule has 0 bridgehead atoms. The molecule has 0 amide bonds. The number of rotatable bonds is 4. The van der Waals surface area contributed by atoms with Crippen molar-refractivity contribution in [1.82, 2.24) is 0 Å². The van der Waals surface area contributed by atoms with Gasteiger partial charge in [0.2, 0.25) is 0 Å². The molecule has 1 saturated carbocycles. The van der Waals surface area contributed by atoms with E-state index in [2.05, 4.69) is 73.8 Å². The third-order valence-electron chi connectivity index (χ3n) is 7.16. The van der Waals surface area contributed by atoms with Crippen molar-refractivity contribution >= 4 is 16.6 Å². The van der Waals surface area contributed by atoms with Gasteiger partial charge in [0, 0.05) is 5.92 Å². The Balaban J connectivity index is 2.21. The van der Waals surface area contributed by atoms with E-state index in [0.29, 0.717) is 5.92 Å². The zero-order chi connectivity index (χ0) is 20.0. The Hall–Kier alpha value is 0.0538. The van der Waals surface area contributed by atoms with Crippen molar-refractivity contribution in [3.8, 4) is 0 Å². The first kappa shape index (κ1) is 22.3. The van der Waals surface area contributed by atoms with E-state index in [0.717, 1.165) is 26.1 Å². The normalized spacial score (nSPS) is 28.5. The molecule has 1 aliphatic heterocycles. The van der Waals surface area contributed by atoms with Gasteiger partial charge in [-0.3, -0.25) is 0 Å². The summed E-state index contributed by atoms with van der Waals surface area (Å²) < 4.78 is 19.5. The minimum atomic E-state index is -1.82. The van der Waals surface area contributed by atoms with Gasteiger partial charge < -0.3 is 13.6 Å². The van der Waals surface area contributed by atoms with E-state index in [1.165, 1.54) is 5.57 Å². The third-order valence-corrected chi connectivity index (χ3v) is 16.2. The minimum absolute atomic E-state index is 0.222. The van der Waals surface area contributed by atoms with Crippen molar-refractivity contribution in [3.63, 3.8) is 0 Å². The molecule has 2 aliphatic rings. The molecule has 1 fully saturated rings. The van der Waals surface area contributed by atoms with E-state index >= 15 is 0 Å². The summed E-state index contributed by atoms with van der Waals surface area (Å²) in [7, 11) is -3.60. The van der Waals surface area contributed by atoms with Crippen LogP contribution in [0.4, 0.5) is 0 Å². The summed E-state index contributed by atoms with van der Waals surface area (Å²) in [5.41, 5.74) is 1.51. The summed E-state index contributed by atoms with van der Waals surface area (Å²) in [5, 5.41) is 0.462. The van der Waals surface area contributed by atoms with Crippen LogP contribution in [0.2, 0.25) is 36.3 Å². The first-order chi connectivity index (χ1) is 11.6. The van der Waals surface area contributed by atoms with Gasteiger partial charge in [0.1, 0.15) is 0 Å². The van der Waals surface area contributed by atoms with E-state index in [1.54, 1.807) is 0 Å². The quantitative estimate of drug-likeness (QED) is 0.421. The van der Waals surface area contributed by atoms with Gasteiger partial charge in [-0.15, -0.1) is 0 Å². The van der Waals surface area contributed by atoms with E-state index < -0.39 is 16.6 Å². The molecule has 26 heavy (non-hydrogen) atoms. The van der Waals surface area contributed by atoms with Crippen molar-refractivity contribution in [3.05, 3.63) is 11.6 Å². The molecule has 0 spiro atoms. The highest BCUT2D eigenvalue weighted by Crippen LogP contribution is 2.45. The van der Waals surface area contributed by atoms with Crippen LogP contribution in [-0.4, -0.2) is 42.1 Å². The predicted molar refractivity (Wildman–Crippen MR) is 116 cm³/mol. The summed E-state index contributed by atoms with van der Waals surface area (Å²) in [6.45, 7) is 24.9. The molecule has 2 rings (SSSR count). The molecule has 1 heterocycles. The topological polar surface area (TPSA) is 27.7 Å². The summed E-state index contributed by atoms with van der Waals surface area (Å²) in [4.78, 5) is 0. The van der Waals surface area contributed by atoms with Crippen LogP contribution < -0.4 is 0 Å². The monoisotopic (exact) mass is 398 g/mol. The van der Waals surface area contributed by atoms with Gasteiger partial charge >= 0.3 is 0 Å². The first-order valence-electron chi connectivity index (χ1n) is 10.3. The van der Waals surface area contributed by atoms with Gasteiger partial charge in [-0.1, -0.05) is 53.2 Å². The second-order valence-corrected chi connectivity index (χ2v) is 20.8. The zero-order valence-electron chi connectivity index (χ0n) is 18.9. The lowest BCUT2D eigenvalue weighted by Crippen LogP contribution is -2.52. The van der Waals surface area contributed by atoms with Crippen LogP contribution in [0.15, 0.2) is 11.6 Å². The molecule has 5 heteroatoms. The highest BCUT2D eigenvalue weighted by molar-refractivity contribution is 6.74. The maximum absolute atomic E-state index is 6.90.